The van der Waals surface area contributed by atoms with Crippen LogP contribution in [0.25, 0.3) is 21.9 Å². The van der Waals surface area contributed by atoms with Gasteiger partial charge in [-0.1, -0.05) is 159 Å². The van der Waals surface area contributed by atoms with Crippen molar-refractivity contribution in [3.8, 4) is 80.1 Å². The molecule has 0 amide bonds. The number of phenols is 11. The summed E-state index contributed by atoms with van der Waals surface area (Å²) in [6.07, 6.45) is 7.71. The molecule has 0 bridgehead atoms. The van der Waals surface area contributed by atoms with Crippen molar-refractivity contribution in [1.82, 2.24) is 0 Å². The molecule has 11 rings (SSSR count). The lowest BCUT2D eigenvalue weighted by Gasteiger charge is -2.26. The van der Waals surface area contributed by atoms with Gasteiger partial charge in [-0.05, 0) is 154 Å². The Bertz CT molecular complexity index is 5070. The average Bonchev–Trinajstić information content (AvgIpc) is 0.787. The zero-order valence-electron chi connectivity index (χ0n) is 63.7. The lowest BCUT2D eigenvalue weighted by molar-refractivity contribution is 0.111. The minimum atomic E-state index is -0.715. The fraction of sp³-hybridized carbons (Fsp3) is 0.167. The van der Waals surface area contributed by atoms with Crippen LogP contribution in [0.2, 0.25) is 0 Å². The summed E-state index contributed by atoms with van der Waals surface area (Å²) in [7, 11) is 0. The largest absolute Gasteiger partial charge is 0.508 e. The van der Waals surface area contributed by atoms with E-state index in [1.165, 1.54) is 54.6 Å². The van der Waals surface area contributed by atoms with E-state index in [1.54, 1.807) is 85.8 Å². The standard InChI is InChI=1S/C15H22O2.C13H8F2O2.C11H8O2.C11H14O2.C10H10O2.C9H10O3.C7H6O4.2C7H6O2/c1-14(2,3)11-7-10(9-16)13(17)12(8-11)15(4,5)6;14-10-2-3-11(12(15)6-10)8-1-4-13(17)9(5-8)7-16;12-7-10-9-4-2-1-3-8(9)5-6-11(10)13;1-7(2)9-5-4-8(3)11(13)10(9)6-12;1-2-4-8-5-3-6-9(7-11)10(8)12;1-2-12-8-5-3-4-7(6-10)9(8)11;8-3-5-6(10)1-4(9)2-7(5)11;8-5-6-2-1-3-7(9)4-6;8-5-6-3-1-2-4-7(6)9/h7-9,17H,1-6H3;1-7,17H;1-7,13H;4-7,13H,1-3H3;2-3,5-7,12H,1,4H2;3-6,11H,2H2,1H3;1-3,9-11H;2*1-5,9H. The van der Waals surface area contributed by atoms with E-state index in [9.17, 15) is 82.6 Å². The Hall–Kier alpha value is -14.1. The Kier molecular flexibility index (Phi) is 37.6. The molecule has 0 aromatic heterocycles. The van der Waals surface area contributed by atoms with Crippen LogP contribution in [0.1, 0.15) is 189 Å². The first-order chi connectivity index (χ1) is 53.5. The highest BCUT2D eigenvalue weighted by Crippen LogP contribution is 2.38. The number of phenolic OH excluding ortho intramolecular Hbond substituents is 11. The molecule has 0 radical (unpaired) electrons. The summed E-state index contributed by atoms with van der Waals surface area (Å²) in [5, 5.41) is 103. The molecule has 11 aromatic rings. The molecule has 0 heterocycles. The van der Waals surface area contributed by atoms with Crippen LogP contribution in [0.3, 0.4) is 0 Å². The maximum Gasteiger partial charge on any atom is 0.168 e. The molecule has 21 nitrogen and oxygen atoms in total. The summed E-state index contributed by atoms with van der Waals surface area (Å²) in [5.74, 6) is -1.71. The van der Waals surface area contributed by atoms with Gasteiger partial charge in [-0.3, -0.25) is 43.2 Å². The molecule has 0 fully saturated rings. The summed E-state index contributed by atoms with van der Waals surface area (Å²) in [4.78, 5) is 94.1. The first-order valence-corrected chi connectivity index (χ1v) is 34.4. The van der Waals surface area contributed by atoms with Crippen molar-refractivity contribution in [1.29, 1.82) is 0 Å². The van der Waals surface area contributed by atoms with Crippen molar-refractivity contribution in [2.75, 3.05) is 6.61 Å². The number of carbonyl (C=O) groups is 9. The number of rotatable bonds is 15. The molecular formula is C90H90F2O21. The van der Waals surface area contributed by atoms with Gasteiger partial charge in [0.15, 0.2) is 61.8 Å². The molecule has 11 N–H and O–H groups in total. The van der Waals surface area contributed by atoms with Crippen LogP contribution < -0.4 is 4.74 Å². The molecule has 0 atom stereocenters. The molecule has 0 unspecified atom stereocenters. The second-order valence-electron chi connectivity index (χ2n) is 26.6. The first-order valence-electron chi connectivity index (χ1n) is 34.4. The lowest BCUT2D eigenvalue weighted by Crippen LogP contribution is -2.17. The van der Waals surface area contributed by atoms with Gasteiger partial charge in [-0.15, -0.1) is 6.58 Å². The van der Waals surface area contributed by atoms with Gasteiger partial charge in [0.05, 0.1) is 51.1 Å². The minimum absolute atomic E-state index is 0.0347. The number of hydrogen-bond acceptors (Lipinski definition) is 21. The number of para-hydroxylation sites is 3. The van der Waals surface area contributed by atoms with Gasteiger partial charge in [-0.25, -0.2) is 8.78 Å². The molecule has 23 heteroatoms. The van der Waals surface area contributed by atoms with Crippen molar-refractivity contribution in [3.05, 3.63) is 296 Å². The number of aldehydes is 9. The topological polar surface area (TPSA) is 385 Å². The second kappa shape index (κ2) is 45.7. The molecule has 0 saturated carbocycles. The predicted molar refractivity (Wildman–Crippen MR) is 429 cm³/mol. The van der Waals surface area contributed by atoms with Crippen molar-refractivity contribution in [2.45, 2.75) is 92.4 Å². The van der Waals surface area contributed by atoms with Crippen LogP contribution in [0.15, 0.2) is 207 Å². The summed E-state index contributed by atoms with van der Waals surface area (Å²) in [5.41, 5.74) is 7.05. The van der Waals surface area contributed by atoms with E-state index >= 15 is 0 Å². The zero-order chi connectivity index (χ0) is 84.9. The fourth-order valence-electron chi connectivity index (χ4n) is 9.91. The Morgan fingerprint density at radius 3 is 1.49 bits per heavy atom. The Balaban J connectivity index is 0.000000332. The third kappa shape index (κ3) is 28.5. The Morgan fingerprint density at radius 1 is 0.425 bits per heavy atom. The van der Waals surface area contributed by atoms with Crippen LogP contribution in [-0.4, -0.2) is 119 Å². The van der Waals surface area contributed by atoms with Crippen molar-refractivity contribution in [3.63, 3.8) is 0 Å². The maximum absolute atomic E-state index is 13.5. The van der Waals surface area contributed by atoms with Gasteiger partial charge in [0.1, 0.15) is 75.4 Å². The van der Waals surface area contributed by atoms with E-state index in [-0.39, 0.29) is 90.7 Å². The number of aryl methyl sites for hydroxylation is 1. The third-order valence-corrected chi connectivity index (χ3v) is 16.0. The number of carbonyl (C=O) groups excluding carboxylic acids is 9. The van der Waals surface area contributed by atoms with Crippen LogP contribution >= 0.6 is 0 Å². The number of aromatic hydroxyl groups is 11. The molecule has 113 heavy (non-hydrogen) atoms. The van der Waals surface area contributed by atoms with Gasteiger partial charge >= 0.3 is 0 Å². The van der Waals surface area contributed by atoms with E-state index in [4.69, 9.17) is 30.3 Å². The number of hydrogen-bond donors (Lipinski definition) is 11. The summed E-state index contributed by atoms with van der Waals surface area (Å²) < 4.78 is 31.3. The van der Waals surface area contributed by atoms with Crippen LogP contribution in [0.5, 0.6) is 69.0 Å². The van der Waals surface area contributed by atoms with Crippen LogP contribution in [0, 0.1) is 18.6 Å². The molecule has 590 valence electrons. The van der Waals surface area contributed by atoms with Gasteiger partial charge in [0.2, 0.25) is 0 Å². The summed E-state index contributed by atoms with van der Waals surface area (Å²) >= 11 is 0. The fourth-order valence-corrected chi connectivity index (χ4v) is 9.91. The first kappa shape index (κ1) is 93.1. The van der Waals surface area contributed by atoms with Crippen molar-refractivity contribution in [2.24, 2.45) is 0 Å². The number of benzene rings is 11. The number of allylic oxidation sites excluding steroid dienone is 1. The van der Waals surface area contributed by atoms with Crippen molar-refractivity contribution >= 4 is 67.3 Å². The molecule has 11 aromatic carbocycles. The highest BCUT2D eigenvalue weighted by Gasteiger charge is 2.25. The average molecular weight is 1550 g/mol. The Labute approximate surface area is 652 Å². The second-order valence-corrected chi connectivity index (χ2v) is 26.6. The lowest BCUT2D eigenvalue weighted by atomic mass is 9.79. The smallest absolute Gasteiger partial charge is 0.168 e. The highest BCUT2D eigenvalue weighted by atomic mass is 19.1. The zero-order valence-corrected chi connectivity index (χ0v) is 63.7. The molecule has 0 aliphatic heterocycles. The van der Waals surface area contributed by atoms with E-state index in [1.807, 2.05) is 84.0 Å². The van der Waals surface area contributed by atoms with Gasteiger partial charge in [0, 0.05) is 34.9 Å². The van der Waals surface area contributed by atoms with E-state index < -0.39 is 23.1 Å². The maximum atomic E-state index is 13.5. The molecule has 0 aliphatic carbocycles. The monoisotopic (exact) mass is 1540 g/mol. The van der Waals surface area contributed by atoms with Gasteiger partial charge in [0.25, 0.3) is 0 Å². The molecule has 0 aliphatic rings. The third-order valence-electron chi connectivity index (χ3n) is 16.0. The van der Waals surface area contributed by atoms with E-state index in [0.29, 0.717) is 102 Å². The highest BCUT2D eigenvalue weighted by molar-refractivity contribution is 6.00. The number of fused-ring (bicyclic) bond motifs is 1. The van der Waals surface area contributed by atoms with Crippen molar-refractivity contribution < 1.29 is 113 Å². The normalized spacial score (nSPS) is 10.1. The minimum Gasteiger partial charge on any atom is -0.508 e. The van der Waals surface area contributed by atoms with E-state index in [0.717, 1.165) is 75.4 Å². The van der Waals surface area contributed by atoms with Gasteiger partial charge in [-0.2, -0.15) is 0 Å². The Morgan fingerprint density at radius 2 is 0.973 bits per heavy atom. The number of halogens is 2. The molecule has 0 saturated heterocycles. The van der Waals surface area contributed by atoms with Crippen LogP contribution in [0.4, 0.5) is 8.78 Å². The van der Waals surface area contributed by atoms with E-state index in [2.05, 4.69) is 27.4 Å². The number of ether oxygens (including phenoxy) is 1. The summed E-state index contributed by atoms with van der Waals surface area (Å²) in [6.45, 7) is 24.0. The van der Waals surface area contributed by atoms with Gasteiger partial charge < -0.3 is 60.9 Å². The SMILES string of the molecule is C=CCc1cccc(C=O)c1O.CC(C)(C)c1cc(C=O)c(O)c(C(C)(C)C)c1.CCOc1cccc(C=O)c1O.Cc1ccc(C(C)C)c(C=O)c1O.O=Cc1c(O)cc(O)cc1O.O=Cc1c(O)ccc2ccccc12.O=Cc1cc(-c2ccc(F)cc2F)ccc1O.O=Cc1cccc(O)c1.O=Cc1ccccc1O. The molecular weight excluding hydrogens is 1450 g/mol. The predicted octanol–water partition coefficient (Wildman–Crippen LogP) is 18.5. The quantitative estimate of drug-likeness (QED) is 0.0335. The molecule has 0 spiro atoms. The van der Waals surface area contributed by atoms with Crippen LogP contribution in [-0.2, 0) is 17.3 Å². The summed E-state index contributed by atoms with van der Waals surface area (Å²) in [6, 6.07) is 50.0.